The molecular formula is C23H20Cl2N2O3. The number of rotatable bonds is 4. The van der Waals surface area contributed by atoms with E-state index in [-0.39, 0.29) is 24.3 Å². The number of imide groups is 1. The summed E-state index contributed by atoms with van der Waals surface area (Å²) in [5.74, 6) is -2.07. The van der Waals surface area contributed by atoms with E-state index in [0.717, 1.165) is 10.6 Å². The van der Waals surface area contributed by atoms with Crippen LogP contribution in [-0.2, 0) is 16.1 Å². The second-order valence-corrected chi connectivity index (χ2v) is 8.51. The van der Waals surface area contributed by atoms with Crippen LogP contribution in [-0.4, -0.2) is 27.7 Å². The zero-order chi connectivity index (χ0) is 21.4. The van der Waals surface area contributed by atoms with Crippen molar-refractivity contribution in [3.63, 3.8) is 0 Å². The highest BCUT2D eigenvalue weighted by molar-refractivity contribution is 6.30. The van der Waals surface area contributed by atoms with E-state index >= 15 is 0 Å². The topological polar surface area (TPSA) is 57.7 Å². The number of allylic oxidation sites excluding steroid dienone is 2. The van der Waals surface area contributed by atoms with Crippen LogP contribution in [0.1, 0.15) is 29.3 Å². The van der Waals surface area contributed by atoms with E-state index in [2.05, 4.69) is 0 Å². The molecule has 0 spiro atoms. The Hall–Kier alpha value is -2.63. The first-order chi connectivity index (χ1) is 14.4. The molecular weight excluding hydrogens is 423 g/mol. The predicted molar refractivity (Wildman–Crippen MR) is 115 cm³/mol. The van der Waals surface area contributed by atoms with Gasteiger partial charge in [0.05, 0.1) is 18.4 Å². The number of hydrogen-bond acceptors (Lipinski definition) is 3. The molecule has 0 radical (unpaired) electrons. The van der Waals surface area contributed by atoms with Crippen molar-refractivity contribution in [2.45, 2.75) is 19.9 Å². The highest BCUT2D eigenvalue weighted by Crippen LogP contribution is 2.39. The van der Waals surface area contributed by atoms with Gasteiger partial charge in [0.25, 0.3) is 17.7 Å². The van der Waals surface area contributed by atoms with E-state index in [1.54, 1.807) is 48.5 Å². The van der Waals surface area contributed by atoms with Crippen molar-refractivity contribution >= 4 is 40.9 Å². The number of benzene rings is 2. The number of carbonyl (C=O) groups excluding carboxylic acids is 3. The monoisotopic (exact) mass is 442 g/mol. The Labute approximate surface area is 184 Å². The second-order valence-electron chi connectivity index (χ2n) is 7.64. The molecule has 1 heterocycles. The summed E-state index contributed by atoms with van der Waals surface area (Å²) >= 11 is 11.9. The molecule has 0 aromatic heterocycles. The van der Waals surface area contributed by atoms with E-state index < -0.39 is 17.7 Å². The third-order valence-corrected chi connectivity index (χ3v) is 6.17. The van der Waals surface area contributed by atoms with Gasteiger partial charge in [-0.1, -0.05) is 54.4 Å². The first-order valence-corrected chi connectivity index (χ1v) is 10.5. The lowest BCUT2D eigenvalue weighted by Gasteiger charge is -2.31. The van der Waals surface area contributed by atoms with E-state index in [0.29, 0.717) is 22.0 Å². The smallest absolute Gasteiger partial charge is 0.272 e. The fourth-order valence-corrected chi connectivity index (χ4v) is 4.36. The predicted octanol–water partition coefficient (Wildman–Crippen LogP) is 4.75. The minimum absolute atomic E-state index is 0.0618. The lowest BCUT2D eigenvalue weighted by molar-refractivity contribution is -0.155. The second kappa shape index (κ2) is 8.25. The van der Waals surface area contributed by atoms with Gasteiger partial charge in [-0.3, -0.25) is 14.4 Å². The quantitative estimate of drug-likeness (QED) is 0.506. The molecule has 1 aliphatic carbocycles. The standard InChI is InChI=1S/C23H20Cl2N2O3/c1-14-3-2-4-19-20(14)23(30)27(22(19)29)26(13-15-5-9-17(24)10-6-15)21(28)16-7-11-18(25)12-8-16/h2-3,5-12,14,19-20H,4,13H2,1H3/t14-,19-,20+/m1/s1. The van der Waals surface area contributed by atoms with Crippen LogP contribution in [0, 0.1) is 17.8 Å². The Morgan fingerprint density at radius 1 is 1.00 bits per heavy atom. The number of halogens is 2. The van der Waals surface area contributed by atoms with Gasteiger partial charge in [-0.25, -0.2) is 5.01 Å². The zero-order valence-electron chi connectivity index (χ0n) is 16.3. The Morgan fingerprint density at radius 2 is 1.60 bits per heavy atom. The first kappa shape index (κ1) is 20.6. The highest BCUT2D eigenvalue weighted by atomic mass is 35.5. The lowest BCUT2D eigenvalue weighted by atomic mass is 9.78. The van der Waals surface area contributed by atoms with Gasteiger partial charge < -0.3 is 0 Å². The summed E-state index contributed by atoms with van der Waals surface area (Å²) in [5, 5.41) is 3.34. The molecule has 3 amide bonds. The number of amides is 3. The Bertz CT molecular complexity index is 1020. The van der Waals surface area contributed by atoms with Crippen LogP contribution in [0.3, 0.4) is 0 Å². The van der Waals surface area contributed by atoms with Crippen LogP contribution in [0.4, 0.5) is 0 Å². The molecule has 1 fully saturated rings. The zero-order valence-corrected chi connectivity index (χ0v) is 17.8. The van der Waals surface area contributed by atoms with Gasteiger partial charge in [-0.05, 0) is 54.3 Å². The van der Waals surface area contributed by atoms with Crippen LogP contribution >= 0.6 is 23.2 Å². The molecule has 7 heteroatoms. The van der Waals surface area contributed by atoms with Gasteiger partial charge in [0.2, 0.25) is 0 Å². The molecule has 2 aliphatic rings. The van der Waals surface area contributed by atoms with Crippen molar-refractivity contribution in [2.75, 3.05) is 0 Å². The third-order valence-electron chi connectivity index (χ3n) is 5.66. The maximum atomic E-state index is 13.4. The van der Waals surface area contributed by atoms with Crippen molar-refractivity contribution in [3.8, 4) is 0 Å². The SMILES string of the molecule is C[C@@H]1C=CC[C@H]2C(=O)N(N(Cc3ccc(Cl)cc3)C(=O)c3ccc(Cl)cc3)C(=O)[C@@H]12. The van der Waals surface area contributed by atoms with E-state index in [4.69, 9.17) is 23.2 Å². The molecule has 1 saturated heterocycles. The summed E-state index contributed by atoms with van der Waals surface area (Å²) < 4.78 is 0. The van der Waals surface area contributed by atoms with Crippen LogP contribution in [0.2, 0.25) is 10.0 Å². The maximum Gasteiger partial charge on any atom is 0.273 e. The Kier molecular flexibility index (Phi) is 5.67. The average molecular weight is 443 g/mol. The van der Waals surface area contributed by atoms with Crippen molar-refractivity contribution in [2.24, 2.45) is 17.8 Å². The van der Waals surface area contributed by atoms with Crippen LogP contribution in [0.25, 0.3) is 0 Å². The Balaban J connectivity index is 1.72. The van der Waals surface area contributed by atoms with Crippen molar-refractivity contribution in [1.82, 2.24) is 10.0 Å². The number of hydrogen-bond donors (Lipinski definition) is 0. The first-order valence-electron chi connectivity index (χ1n) is 9.73. The molecule has 154 valence electrons. The molecule has 0 bridgehead atoms. The molecule has 0 saturated carbocycles. The minimum atomic E-state index is -0.451. The van der Waals surface area contributed by atoms with Gasteiger partial charge in [0.15, 0.2) is 0 Å². The molecule has 2 aromatic rings. The van der Waals surface area contributed by atoms with Gasteiger partial charge in [0.1, 0.15) is 0 Å². The number of nitrogens with zero attached hydrogens (tertiary/aromatic N) is 2. The van der Waals surface area contributed by atoms with Crippen molar-refractivity contribution in [3.05, 3.63) is 81.9 Å². The summed E-state index contributed by atoms with van der Waals surface area (Å²) in [7, 11) is 0. The Morgan fingerprint density at radius 3 is 2.20 bits per heavy atom. The lowest BCUT2D eigenvalue weighted by Crippen LogP contribution is -2.50. The highest BCUT2D eigenvalue weighted by Gasteiger charge is 2.53. The van der Waals surface area contributed by atoms with Gasteiger partial charge in [0, 0.05) is 15.6 Å². The summed E-state index contributed by atoms with van der Waals surface area (Å²) in [4.78, 5) is 39.9. The van der Waals surface area contributed by atoms with Crippen molar-refractivity contribution < 1.29 is 14.4 Å². The normalized spacial score (nSPS) is 22.9. The average Bonchev–Trinajstić information content (AvgIpc) is 2.99. The largest absolute Gasteiger partial charge is 0.273 e. The van der Waals surface area contributed by atoms with Crippen molar-refractivity contribution in [1.29, 1.82) is 0 Å². The summed E-state index contributed by atoms with van der Waals surface area (Å²) in [6, 6.07) is 13.3. The maximum absolute atomic E-state index is 13.4. The molecule has 0 unspecified atom stereocenters. The summed E-state index contributed by atoms with van der Waals surface area (Å²) in [5.41, 5.74) is 1.10. The van der Waals surface area contributed by atoms with Gasteiger partial charge >= 0.3 is 0 Å². The molecule has 30 heavy (non-hydrogen) atoms. The molecule has 4 rings (SSSR count). The van der Waals surface area contributed by atoms with E-state index in [1.165, 1.54) is 5.01 Å². The van der Waals surface area contributed by atoms with E-state index in [1.807, 2.05) is 19.1 Å². The summed E-state index contributed by atoms with van der Waals surface area (Å²) in [6.45, 7) is 1.99. The molecule has 3 atom stereocenters. The minimum Gasteiger partial charge on any atom is -0.272 e. The number of hydrazine groups is 1. The third kappa shape index (κ3) is 3.75. The fraction of sp³-hybridized carbons (Fsp3) is 0.261. The summed E-state index contributed by atoms with van der Waals surface area (Å²) in [6.07, 6.45) is 4.39. The molecule has 1 aliphatic heterocycles. The molecule has 2 aromatic carbocycles. The number of carbonyl (C=O) groups is 3. The molecule has 0 N–H and O–H groups in total. The van der Waals surface area contributed by atoms with Crippen LogP contribution in [0.5, 0.6) is 0 Å². The number of fused-ring (bicyclic) bond motifs is 1. The van der Waals surface area contributed by atoms with Crippen LogP contribution in [0.15, 0.2) is 60.7 Å². The van der Waals surface area contributed by atoms with Crippen LogP contribution < -0.4 is 0 Å². The van der Waals surface area contributed by atoms with Gasteiger partial charge in [-0.2, -0.15) is 5.01 Å². The molecule has 5 nitrogen and oxygen atoms in total. The van der Waals surface area contributed by atoms with Gasteiger partial charge in [-0.15, -0.1) is 0 Å². The fourth-order valence-electron chi connectivity index (χ4n) is 4.11. The van der Waals surface area contributed by atoms with E-state index in [9.17, 15) is 14.4 Å².